The fourth-order valence-electron chi connectivity index (χ4n) is 3.53. The number of rotatable bonds is 0. The Bertz CT molecular complexity index is 1270. The maximum Gasteiger partial charge on any atom is 0.142 e. The molecule has 1 nitrogen and oxygen atoms in total. The minimum atomic E-state index is 0.147. The van der Waals surface area contributed by atoms with Crippen LogP contribution in [0, 0.1) is 0 Å². The molecule has 0 amide bonds. The number of phenols is 1. The molecule has 0 aliphatic rings. The third kappa shape index (κ3) is 1.88. The molecule has 24 heavy (non-hydrogen) atoms. The standard InChI is InChI=1S/C22H13ClO/c23-21-8-7-17-10-16-6-5-15-9-13-3-1-2-4-14(13)11-18(15)19(16)12-20(17)22(21)24/h1-12,24H. The van der Waals surface area contributed by atoms with Gasteiger partial charge in [-0.25, -0.2) is 0 Å². The Labute approximate surface area is 143 Å². The first-order chi connectivity index (χ1) is 11.7. The van der Waals surface area contributed by atoms with Gasteiger partial charge in [0.2, 0.25) is 0 Å². The fraction of sp³-hybridized carbons (Fsp3) is 0. The lowest BCUT2D eigenvalue weighted by molar-refractivity contribution is 0.482. The van der Waals surface area contributed by atoms with Crippen molar-refractivity contribution < 1.29 is 5.11 Å². The zero-order chi connectivity index (χ0) is 16.3. The summed E-state index contributed by atoms with van der Waals surface area (Å²) in [5.74, 6) is 0.147. The van der Waals surface area contributed by atoms with E-state index in [-0.39, 0.29) is 5.75 Å². The van der Waals surface area contributed by atoms with Gasteiger partial charge < -0.3 is 5.11 Å². The maximum atomic E-state index is 10.3. The Kier molecular flexibility index (Phi) is 2.76. The van der Waals surface area contributed by atoms with Crippen LogP contribution < -0.4 is 0 Å². The predicted octanol–water partition coefficient (Wildman–Crippen LogP) is 6.66. The van der Waals surface area contributed by atoms with Gasteiger partial charge in [-0.2, -0.15) is 0 Å². The van der Waals surface area contributed by atoms with Crippen molar-refractivity contribution in [2.45, 2.75) is 0 Å². The van der Waals surface area contributed by atoms with Gasteiger partial charge >= 0.3 is 0 Å². The first kappa shape index (κ1) is 13.6. The van der Waals surface area contributed by atoms with Crippen LogP contribution in [0.25, 0.3) is 43.1 Å². The van der Waals surface area contributed by atoms with E-state index in [1.165, 1.54) is 21.5 Å². The molecule has 0 saturated carbocycles. The van der Waals surface area contributed by atoms with Crippen molar-refractivity contribution in [2.24, 2.45) is 0 Å². The Balaban J connectivity index is 1.99. The molecule has 0 aliphatic carbocycles. The van der Waals surface area contributed by atoms with Crippen LogP contribution in [0.4, 0.5) is 0 Å². The molecule has 0 heterocycles. The Morgan fingerprint density at radius 2 is 1.08 bits per heavy atom. The third-order valence-corrected chi connectivity index (χ3v) is 5.07. The molecule has 0 saturated heterocycles. The lowest BCUT2D eigenvalue weighted by Crippen LogP contribution is -1.82. The van der Waals surface area contributed by atoms with Crippen LogP contribution in [0.15, 0.2) is 72.8 Å². The quantitative estimate of drug-likeness (QED) is 0.249. The van der Waals surface area contributed by atoms with Gasteiger partial charge in [0.05, 0.1) is 5.02 Å². The molecule has 0 aliphatic heterocycles. The van der Waals surface area contributed by atoms with Gasteiger partial charge in [-0.05, 0) is 68.0 Å². The normalized spacial score (nSPS) is 11.7. The molecule has 1 N–H and O–H groups in total. The first-order valence-electron chi connectivity index (χ1n) is 7.87. The van der Waals surface area contributed by atoms with E-state index >= 15 is 0 Å². The van der Waals surface area contributed by atoms with Crippen LogP contribution >= 0.6 is 11.6 Å². The predicted molar refractivity (Wildman–Crippen MR) is 103 cm³/mol. The zero-order valence-electron chi connectivity index (χ0n) is 12.8. The Morgan fingerprint density at radius 1 is 0.542 bits per heavy atom. The van der Waals surface area contributed by atoms with Crippen LogP contribution in [0.3, 0.4) is 0 Å². The smallest absolute Gasteiger partial charge is 0.142 e. The van der Waals surface area contributed by atoms with Crippen molar-refractivity contribution >= 4 is 54.7 Å². The molecule has 0 radical (unpaired) electrons. The average molecular weight is 329 g/mol. The van der Waals surface area contributed by atoms with Crippen LogP contribution in [0.1, 0.15) is 0 Å². The van der Waals surface area contributed by atoms with Gasteiger partial charge in [-0.1, -0.05) is 54.1 Å². The van der Waals surface area contributed by atoms with Gasteiger partial charge in [0.15, 0.2) is 0 Å². The third-order valence-electron chi connectivity index (χ3n) is 4.76. The van der Waals surface area contributed by atoms with Crippen molar-refractivity contribution in [2.75, 3.05) is 0 Å². The molecule has 5 aromatic rings. The molecular formula is C22H13ClO. The number of fused-ring (bicyclic) bond motifs is 5. The van der Waals surface area contributed by atoms with E-state index in [9.17, 15) is 5.11 Å². The lowest BCUT2D eigenvalue weighted by atomic mass is 9.96. The van der Waals surface area contributed by atoms with Crippen LogP contribution in [0.5, 0.6) is 5.75 Å². The molecule has 5 aromatic carbocycles. The summed E-state index contributed by atoms with van der Waals surface area (Å²) in [5.41, 5.74) is 0. The molecule has 2 heteroatoms. The van der Waals surface area contributed by atoms with Crippen LogP contribution in [-0.2, 0) is 0 Å². The highest BCUT2D eigenvalue weighted by Crippen LogP contribution is 2.37. The highest BCUT2D eigenvalue weighted by atomic mass is 35.5. The van der Waals surface area contributed by atoms with Gasteiger partial charge in [-0.3, -0.25) is 0 Å². The second-order valence-electron chi connectivity index (χ2n) is 6.18. The molecule has 114 valence electrons. The number of hydrogen-bond acceptors (Lipinski definition) is 1. The van der Waals surface area contributed by atoms with E-state index in [0.717, 1.165) is 21.5 Å². The minimum Gasteiger partial charge on any atom is -0.506 e. The lowest BCUT2D eigenvalue weighted by Gasteiger charge is -2.09. The number of phenolic OH excluding ortho intramolecular Hbond substituents is 1. The minimum absolute atomic E-state index is 0.147. The molecule has 0 unspecified atom stereocenters. The number of halogens is 1. The average Bonchev–Trinajstić information content (AvgIpc) is 2.62. The summed E-state index contributed by atoms with van der Waals surface area (Å²) in [5, 5.41) is 19.6. The molecule has 5 rings (SSSR count). The van der Waals surface area contributed by atoms with Crippen molar-refractivity contribution in [1.82, 2.24) is 0 Å². The Hall–Kier alpha value is -2.77. The first-order valence-corrected chi connectivity index (χ1v) is 8.25. The number of aromatic hydroxyl groups is 1. The summed E-state index contributed by atoms with van der Waals surface area (Å²) in [6.45, 7) is 0. The topological polar surface area (TPSA) is 20.2 Å². The maximum absolute atomic E-state index is 10.3. The van der Waals surface area contributed by atoms with Gasteiger partial charge in [0.1, 0.15) is 5.75 Å². The second kappa shape index (κ2) is 4.86. The summed E-state index contributed by atoms with van der Waals surface area (Å²) in [6, 6.07) is 24.9. The van der Waals surface area contributed by atoms with Crippen molar-refractivity contribution in [3.8, 4) is 5.75 Å². The molecule has 0 atom stereocenters. The largest absolute Gasteiger partial charge is 0.506 e. The SMILES string of the molecule is Oc1c(Cl)ccc2cc3ccc4cc5ccccc5cc4c3cc12. The van der Waals surface area contributed by atoms with E-state index < -0.39 is 0 Å². The zero-order valence-corrected chi connectivity index (χ0v) is 13.5. The monoisotopic (exact) mass is 328 g/mol. The van der Waals surface area contributed by atoms with Crippen LogP contribution in [0.2, 0.25) is 5.02 Å². The van der Waals surface area contributed by atoms with E-state index in [1.54, 1.807) is 6.07 Å². The van der Waals surface area contributed by atoms with Crippen molar-refractivity contribution in [3.05, 3.63) is 77.8 Å². The van der Waals surface area contributed by atoms with E-state index in [4.69, 9.17) is 11.6 Å². The molecule has 0 spiro atoms. The fourth-order valence-corrected chi connectivity index (χ4v) is 3.69. The van der Waals surface area contributed by atoms with E-state index in [0.29, 0.717) is 5.02 Å². The highest BCUT2D eigenvalue weighted by Gasteiger charge is 2.09. The highest BCUT2D eigenvalue weighted by molar-refractivity contribution is 6.33. The van der Waals surface area contributed by atoms with Gasteiger partial charge in [0.25, 0.3) is 0 Å². The summed E-state index contributed by atoms with van der Waals surface area (Å²) in [7, 11) is 0. The van der Waals surface area contributed by atoms with Gasteiger partial charge in [0, 0.05) is 5.39 Å². The number of benzene rings is 5. The van der Waals surface area contributed by atoms with E-state index in [1.807, 2.05) is 12.1 Å². The summed E-state index contributed by atoms with van der Waals surface area (Å²) >= 11 is 6.09. The van der Waals surface area contributed by atoms with Gasteiger partial charge in [-0.15, -0.1) is 0 Å². The van der Waals surface area contributed by atoms with Crippen LogP contribution in [-0.4, -0.2) is 5.11 Å². The summed E-state index contributed by atoms with van der Waals surface area (Å²) < 4.78 is 0. The molecular weight excluding hydrogens is 316 g/mol. The molecule has 0 aromatic heterocycles. The molecule has 0 bridgehead atoms. The summed E-state index contributed by atoms with van der Waals surface area (Å²) in [6.07, 6.45) is 0. The van der Waals surface area contributed by atoms with Crippen molar-refractivity contribution in [3.63, 3.8) is 0 Å². The molecule has 0 fully saturated rings. The second-order valence-corrected chi connectivity index (χ2v) is 6.58. The van der Waals surface area contributed by atoms with E-state index in [2.05, 4.69) is 54.6 Å². The van der Waals surface area contributed by atoms with Crippen molar-refractivity contribution in [1.29, 1.82) is 0 Å². The summed E-state index contributed by atoms with van der Waals surface area (Å²) in [4.78, 5) is 0. The number of hydrogen-bond donors (Lipinski definition) is 1. The Morgan fingerprint density at radius 3 is 1.83 bits per heavy atom.